The Morgan fingerprint density at radius 3 is 2.46 bits per heavy atom. The van der Waals surface area contributed by atoms with Gasteiger partial charge >= 0.3 is 12.0 Å². The molecule has 1 aromatic rings. The summed E-state index contributed by atoms with van der Waals surface area (Å²) in [6, 6.07) is 5.69. The fourth-order valence-corrected chi connectivity index (χ4v) is 2.68. The van der Waals surface area contributed by atoms with Crippen LogP contribution in [0.2, 0.25) is 0 Å². The van der Waals surface area contributed by atoms with Crippen LogP contribution in [-0.2, 0) is 24.7 Å². The van der Waals surface area contributed by atoms with Crippen LogP contribution in [0.5, 0.6) is 0 Å². The standard InChI is InChI=1S/C18H23N3O5/c1-5-26-15(23)12(3)19-14(22)10-21-16(24)18(4,20-17(21)25)13-8-6-11(2)7-9-13/h6-9,12H,5,10H2,1-4H3,(H,19,22)(H,20,25). The van der Waals surface area contributed by atoms with E-state index >= 15 is 0 Å². The van der Waals surface area contributed by atoms with Crippen molar-refractivity contribution in [3.63, 3.8) is 0 Å². The normalized spacial score (nSPS) is 20.5. The largest absolute Gasteiger partial charge is 0.464 e. The minimum Gasteiger partial charge on any atom is -0.464 e. The molecule has 0 aromatic heterocycles. The van der Waals surface area contributed by atoms with Gasteiger partial charge in [0.1, 0.15) is 18.1 Å². The third kappa shape index (κ3) is 3.84. The van der Waals surface area contributed by atoms with Gasteiger partial charge in [-0.15, -0.1) is 0 Å². The Labute approximate surface area is 151 Å². The number of aryl methyl sites for hydroxylation is 1. The van der Waals surface area contributed by atoms with Gasteiger partial charge in [0.25, 0.3) is 5.91 Å². The molecule has 1 saturated heterocycles. The molecule has 2 atom stereocenters. The van der Waals surface area contributed by atoms with Crippen molar-refractivity contribution >= 4 is 23.8 Å². The number of esters is 1. The first-order chi connectivity index (χ1) is 12.2. The van der Waals surface area contributed by atoms with Gasteiger partial charge in [0, 0.05) is 0 Å². The number of nitrogens with zero attached hydrogens (tertiary/aromatic N) is 1. The molecule has 1 aliphatic heterocycles. The molecule has 0 saturated carbocycles. The monoisotopic (exact) mass is 361 g/mol. The Balaban J connectivity index is 2.08. The summed E-state index contributed by atoms with van der Waals surface area (Å²) in [5, 5.41) is 5.05. The summed E-state index contributed by atoms with van der Waals surface area (Å²) in [5.41, 5.74) is 0.417. The summed E-state index contributed by atoms with van der Waals surface area (Å²) in [6.45, 7) is 6.36. The molecule has 26 heavy (non-hydrogen) atoms. The molecule has 2 unspecified atom stereocenters. The number of amides is 4. The van der Waals surface area contributed by atoms with Gasteiger partial charge in [-0.05, 0) is 33.3 Å². The summed E-state index contributed by atoms with van der Waals surface area (Å²) in [4.78, 5) is 49.5. The van der Waals surface area contributed by atoms with E-state index < -0.39 is 41.9 Å². The summed E-state index contributed by atoms with van der Waals surface area (Å²) in [7, 11) is 0. The van der Waals surface area contributed by atoms with E-state index in [-0.39, 0.29) is 6.61 Å². The number of hydrogen-bond acceptors (Lipinski definition) is 5. The molecule has 1 aromatic carbocycles. The maximum atomic E-state index is 12.8. The average Bonchev–Trinajstić information content (AvgIpc) is 2.79. The van der Waals surface area contributed by atoms with Crippen LogP contribution in [0.4, 0.5) is 4.79 Å². The highest BCUT2D eigenvalue weighted by atomic mass is 16.5. The highest BCUT2D eigenvalue weighted by Crippen LogP contribution is 2.28. The highest BCUT2D eigenvalue weighted by Gasteiger charge is 2.49. The Morgan fingerprint density at radius 1 is 1.27 bits per heavy atom. The number of benzene rings is 1. The second-order valence-electron chi connectivity index (χ2n) is 6.35. The first-order valence-electron chi connectivity index (χ1n) is 8.36. The molecule has 2 N–H and O–H groups in total. The number of carbonyl (C=O) groups is 4. The van der Waals surface area contributed by atoms with Gasteiger partial charge in [0.05, 0.1) is 6.61 Å². The zero-order chi connectivity index (χ0) is 19.5. The van der Waals surface area contributed by atoms with Crippen LogP contribution in [0, 0.1) is 6.92 Å². The van der Waals surface area contributed by atoms with E-state index in [4.69, 9.17) is 4.74 Å². The second kappa shape index (κ2) is 7.55. The SMILES string of the molecule is CCOC(=O)C(C)NC(=O)CN1C(=O)NC(C)(c2ccc(C)cc2)C1=O. The Kier molecular flexibility index (Phi) is 5.64. The van der Waals surface area contributed by atoms with Crippen LogP contribution in [0.1, 0.15) is 31.9 Å². The molecule has 8 nitrogen and oxygen atoms in total. The predicted octanol–water partition coefficient (Wildman–Crippen LogP) is 0.830. The molecule has 1 heterocycles. The Morgan fingerprint density at radius 2 is 1.88 bits per heavy atom. The van der Waals surface area contributed by atoms with Crippen LogP contribution in [0.3, 0.4) is 0 Å². The van der Waals surface area contributed by atoms with E-state index in [1.165, 1.54) is 6.92 Å². The topological polar surface area (TPSA) is 105 Å². The number of ether oxygens (including phenoxy) is 1. The molecule has 1 aliphatic rings. The molecule has 1 fully saturated rings. The lowest BCUT2D eigenvalue weighted by atomic mass is 9.91. The molecule has 0 radical (unpaired) electrons. The van der Waals surface area contributed by atoms with Crippen molar-refractivity contribution in [3.8, 4) is 0 Å². The molecule has 0 spiro atoms. The van der Waals surface area contributed by atoms with Gasteiger partial charge in [-0.1, -0.05) is 29.8 Å². The molecule has 140 valence electrons. The average molecular weight is 361 g/mol. The summed E-state index contributed by atoms with van der Waals surface area (Å²) < 4.78 is 4.80. The third-order valence-corrected chi connectivity index (χ3v) is 4.22. The van der Waals surface area contributed by atoms with Crippen LogP contribution >= 0.6 is 0 Å². The fraction of sp³-hybridized carbons (Fsp3) is 0.444. The van der Waals surface area contributed by atoms with Crippen molar-refractivity contribution in [2.75, 3.05) is 13.2 Å². The zero-order valence-corrected chi connectivity index (χ0v) is 15.3. The smallest absolute Gasteiger partial charge is 0.328 e. The van der Waals surface area contributed by atoms with E-state index in [1.807, 2.05) is 19.1 Å². The van der Waals surface area contributed by atoms with E-state index in [2.05, 4.69) is 10.6 Å². The van der Waals surface area contributed by atoms with Gasteiger partial charge in [-0.3, -0.25) is 14.5 Å². The maximum Gasteiger partial charge on any atom is 0.328 e. The lowest BCUT2D eigenvalue weighted by molar-refractivity contribution is -0.147. The minimum absolute atomic E-state index is 0.195. The van der Waals surface area contributed by atoms with E-state index in [0.717, 1.165) is 10.5 Å². The molecular weight excluding hydrogens is 338 g/mol. The second-order valence-corrected chi connectivity index (χ2v) is 6.35. The summed E-state index contributed by atoms with van der Waals surface area (Å²) in [5.74, 6) is -1.73. The quantitative estimate of drug-likeness (QED) is 0.577. The van der Waals surface area contributed by atoms with Crippen LogP contribution in [0.25, 0.3) is 0 Å². The number of imide groups is 1. The first kappa shape index (κ1) is 19.4. The lowest BCUT2D eigenvalue weighted by Gasteiger charge is -2.22. The Hall–Kier alpha value is -2.90. The van der Waals surface area contributed by atoms with Crippen molar-refractivity contribution in [2.45, 2.75) is 39.3 Å². The van der Waals surface area contributed by atoms with Gasteiger partial charge in [-0.25, -0.2) is 9.59 Å². The zero-order valence-electron chi connectivity index (χ0n) is 15.3. The maximum absolute atomic E-state index is 12.8. The molecule has 4 amide bonds. The van der Waals surface area contributed by atoms with Gasteiger partial charge in [-0.2, -0.15) is 0 Å². The number of rotatable bonds is 6. The lowest BCUT2D eigenvalue weighted by Crippen LogP contribution is -2.47. The van der Waals surface area contributed by atoms with Crippen LogP contribution in [-0.4, -0.2) is 47.9 Å². The van der Waals surface area contributed by atoms with Crippen molar-refractivity contribution in [3.05, 3.63) is 35.4 Å². The van der Waals surface area contributed by atoms with Gasteiger partial charge in [0.15, 0.2) is 0 Å². The number of urea groups is 1. The van der Waals surface area contributed by atoms with Crippen molar-refractivity contribution < 1.29 is 23.9 Å². The summed E-state index contributed by atoms with van der Waals surface area (Å²) >= 11 is 0. The van der Waals surface area contributed by atoms with Gasteiger partial charge < -0.3 is 15.4 Å². The fourth-order valence-electron chi connectivity index (χ4n) is 2.68. The Bertz CT molecular complexity index is 731. The molecular formula is C18H23N3O5. The number of nitrogens with one attached hydrogen (secondary N) is 2. The minimum atomic E-state index is -1.24. The molecule has 0 aliphatic carbocycles. The van der Waals surface area contributed by atoms with E-state index in [1.54, 1.807) is 26.0 Å². The first-order valence-corrected chi connectivity index (χ1v) is 8.36. The highest BCUT2D eigenvalue weighted by molar-refractivity contribution is 6.09. The van der Waals surface area contributed by atoms with Crippen molar-refractivity contribution in [1.29, 1.82) is 0 Å². The number of carbonyl (C=O) groups excluding carboxylic acids is 4. The molecule has 0 bridgehead atoms. The van der Waals surface area contributed by atoms with Crippen molar-refractivity contribution in [1.82, 2.24) is 15.5 Å². The molecule has 8 heteroatoms. The van der Waals surface area contributed by atoms with E-state index in [9.17, 15) is 19.2 Å². The number of hydrogen-bond donors (Lipinski definition) is 2. The predicted molar refractivity (Wildman–Crippen MR) is 93.0 cm³/mol. The van der Waals surface area contributed by atoms with Crippen LogP contribution in [0.15, 0.2) is 24.3 Å². The molecule has 2 rings (SSSR count). The summed E-state index contributed by atoms with van der Waals surface area (Å²) in [6.07, 6.45) is 0. The van der Waals surface area contributed by atoms with Crippen molar-refractivity contribution in [2.24, 2.45) is 0 Å². The third-order valence-electron chi connectivity index (χ3n) is 4.22. The van der Waals surface area contributed by atoms with Crippen LogP contribution < -0.4 is 10.6 Å². The van der Waals surface area contributed by atoms with Gasteiger partial charge in [0.2, 0.25) is 5.91 Å². The van der Waals surface area contributed by atoms with E-state index in [0.29, 0.717) is 5.56 Å².